The molecule has 0 rings (SSSR count). The Labute approximate surface area is 348 Å². The highest BCUT2D eigenvalue weighted by molar-refractivity contribution is 5.69. The van der Waals surface area contributed by atoms with Crippen LogP contribution in [0.15, 0.2) is 12.2 Å². The lowest BCUT2D eigenvalue weighted by Gasteiger charge is -2.06. The second kappa shape index (κ2) is 49.4. The highest BCUT2D eigenvalue weighted by atomic mass is 16.5. The lowest BCUT2D eigenvalue weighted by atomic mass is 10.0. The van der Waals surface area contributed by atoms with Crippen molar-refractivity contribution < 1.29 is 9.53 Å². The van der Waals surface area contributed by atoms with Gasteiger partial charge in [-0.15, -0.1) is 0 Å². The number of rotatable bonds is 48. The van der Waals surface area contributed by atoms with Crippen LogP contribution in [-0.2, 0) is 9.53 Å². The van der Waals surface area contributed by atoms with Crippen LogP contribution in [-0.4, -0.2) is 12.6 Å². The second-order valence-corrected chi connectivity index (χ2v) is 18.3. The fourth-order valence-corrected chi connectivity index (χ4v) is 8.20. The van der Waals surface area contributed by atoms with E-state index in [-0.39, 0.29) is 5.97 Å². The average Bonchev–Trinajstić information content (AvgIpc) is 3.18. The summed E-state index contributed by atoms with van der Waals surface area (Å²) in [5.74, 6) is 0.916. The van der Waals surface area contributed by atoms with Crippen LogP contribution >= 0.6 is 0 Å². The molecule has 0 fully saturated rings. The van der Waals surface area contributed by atoms with Crippen molar-refractivity contribution in [3.05, 3.63) is 12.2 Å². The molecule has 328 valence electrons. The van der Waals surface area contributed by atoms with Crippen molar-refractivity contribution in [2.24, 2.45) is 5.92 Å². The SMILES string of the molecule is CCCCCCCCC=CCCCCCCCCCCCC(=O)OCCCCCCCCCCCCCCCCCCCCCCCCCCCCC(C)C. The van der Waals surface area contributed by atoms with Crippen molar-refractivity contribution in [1.29, 1.82) is 0 Å². The van der Waals surface area contributed by atoms with Crippen LogP contribution < -0.4 is 0 Å². The Morgan fingerprint density at radius 1 is 0.364 bits per heavy atom. The molecule has 2 nitrogen and oxygen atoms in total. The van der Waals surface area contributed by atoms with Gasteiger partial charge in [-0.1, -0.05) is 277 Å². The summed E-state index contributed by atoms with van der Waals surface area (Å²) in [4.78, 5) is 12.1. The zero-order valence-corrected chi connectivity index (χ0v) is 38.6. The highest BCUT2D eigenvalue weighted by Gasteiger charge is 2.03. The van der Waals surface area contributed by atoms with E-state index in [9.17, 15) is 4.79 Å². The van der Waals surface area contributed by atoms with Gasteiger partial charge in [-0.05, 0) is 44.4 Å². The lowest BCUT2D eigenvalue weighted by molar-refractivity contribution is -0.143. The Kier molecular flexibility index (Phi) is 48.6. The van der Waals surface area contributed by atoms with Gasteiger partial charge in [0.05, 0.1) is 6.61 Å². The summed E-state index contributed by atoms with van der Waals surface area (Å²) in [6, 6.07) is 0. The summed E-state index contributed by atoms with van der Waals surface area (Å²) in [7, 11) is 0. The molecule has 2 heteroatoms. The number of ether oxygens (including phenoxy) is 1. The smallest absolute Gasteiger partial charge is 0.305 e. The van der Waals surface area contributed by atoms with Gasteiger partial charge < -0.3 is 4.74 Å². The van der Waals surface area contributed by atoms with E-state index in [1.54, 1.807) is 0 Å². The van der Waals surface area contributed by atoms with E-state index in [2.05, 4.69) is 32.9 Å². The van der Waals surface area contributed by atoms with Crippen LogP contribution in [0.1, 0.15) is 310 Å². The normalized spacial score (nSPS) is 11.8. The quantitative estimate of drug-likeness (QED) is 0.0350. The summed E-state index contributed by atoms with van der Waals surface area (Å²) < 4.78 is 5.50. The monoisotopic (exact) mass is 773 g/mol. The molecule has 0 N–H and O–H groups in total. The first kappa shape index (κ1) is 54.2. The first-order valence-electron chi connectivity index (χ1n) is 26.0. The number of hydrogen-bond donors (Lipinski definition) is 0. The Morgan fingerprint density at radius 2 is 0.636 bits per heavy atom. The molecule has 0 bridgehead atoms. The number of hydrogen-bond acceptors (Lipinski definition) is 2. The summed E-state index contributed by atoms with van der Waals surface area (Å²) in [5, 5.41) is 0. The summed E-state index contributed by atoms with van der Waals surface area (Å²) in [6.07, 6.45) is 66.4. The molecule has 0 amide bonds. The maximum absolute atomic E-state index is 12.1. The number of esters is 1. The predicted molar refractivity (Wildman–Crippen MR) is 248 cm³/mol. The molecule has 0 radical (unpaired) electrons. The van der Waals surface area contributed by atoms with E-state index in [1.807, 2.05) is 0 Å². The fourth-order valence-electron chi connectivity index (χ4n) is 8.20. The molecule has 0 aliphatic heterocycles. The molecular formula is C53H104O2. The molecule has 0 aromatic rings. The average molecular weight is 773 g/mol. The summed E-state index contributed by atoms with van der Waals surface area (Å²) in [6.45, 7) is 7.61. The fraction of sp³-hybridized carbons (Fsp3) is 0.943. The maximum atomic E-state index is 12.1. The molecule has 0 aromatic heterocycles. The Morgan fingerprint density at radius 3 is 0.964 bits per heavy atom. The third-order valence-corrected chi connectivity index (χ3v) is 12.1. The molecule has 0 saturated heterocycles. The number of allylic oxidation sites excluding steroid dienone is 2. The van der Waals surface area contributed by atoms with E-state index in [4.69, 9.17) is 4.74 Å². The van der Waals surface area contributed by atoms with Crippen molar-refractivity contribution in [2.75, 3.05) is 6.61 Å². The van der Waals surface area contributed by atoms with Gasteiger partial charge in [-0.3, -0.25) is 4.79 Å². The van der Waals surface area contributed by atoms with Crippen molar-refractivity contribution in [3.8, 4) is 0 Å². The molecule has 0 atom stereocenters. The topological polar surface area (TPSA) is 26.3 Å². The summed E-state index contributed by atoms with van der Waals surface area (Å²) in [5.41, 5.74) is 0. The Bertz CT molecular complexity index is 726. The maximum Gasteiger partial charge on any atom is 0.305 e. The minimum Gasteiger partial charge on any atom is -0.466 e. The molecule has 0 unspecified atom stereocenters. The van der Waals surface area contributed by atoms with Gasteiger partial charge in [0.2, 0.25) is 0 Å². The molecule has 0 spiro atoms. The van der Waals surface area contributed by atoms with E-state index in [0.717, 1.165) is 18.8 Å². The van der Waals surface area contributed by atoms with Gasteiger partial charge in [-0.25, -0.2) is 0 Å². The second-order valence-electron chi connectivity index (χ2n) is 18.3. The Balaban J connectivity index is 3.16. The molecule has 0 saturated carbocycles. The van der Waals surface area contributed by atoms with Gasteiger partial charge in [0, 0.05) is 6.42 Å². The van der Waals surface area contributed by atoms with Crippen LogP contribution in [0.4, 0.5) is 0 Å². The van der Waals surface area contributed by atoms with E-state index < -0.39 is 0 Å². The van der Waals surface area contributed by atoms with Crippen LogP contribution in [0.5, 0.6) is 0 Å². The Hall–Kier alpha value is -0.790. The standard InChI is InChI=1S/C53H104O2/c1-4-5-6-7-8-9-10-11-12-13-22-26-29-32-35-38-41-44-47-50-53(54)55-51-48-45-42-39-36-33-30-27-24-21-19-17-15-14-16-18-20-23-25-28-31-34-37-40-43-46-49-52(2)3/h11-12,52H,4-10,13-51H2,1-3H3. The van der Waals surface area contributed by atoms with E-state index >= 15 is 0 Å². The van der Waals surface area contributed by atoms with Crippen molar-refractivity contribution in [1.82, 2.24) is 0 Å². The van der Waals surface area contributed by atoms with Gasteiger partial charge in [0.25, 0.3) is 0 Å². The van der Waals surface area contributed by atoms with Gasteiger partial charge in [0.15, 0.2) is 0 Å². The van der Waals surface area contributed by atoms with Crippen molar-refractivity contribution in [2.45, 2.75) is 310 Å². The van der Waals surface area contributed by atoms with E-state index in [1.165, 1.54) is 270 Å². The number of carbonyl (C=O) groups is 1. The van der Waals surface area contributed by atoms with Crippen LogP contribution in [0, 0.1) is 5.92 Å². The summed E-state index contributed by atoms with van der Waals surface area (Å²) >= 11 is 0. The van der Waals surface area contributed by atoms with Gasteiger partial charge in [-0.2, -0.15) is 0 Å². The number of carbonyl (C=O) groups excluding carboxylic acids is 1. The minimum atomic E-state index is 0.0286. The van der Waals surface area contributed by atoms with Crippen LogP contribution in [0.25, 0.3) is 0 Å². The van der Waals surface area contributed by atoms with Crippen molar-refractivity contribution in [3.63, 3.8) is 0 Å². The predicted octanol–water partition coefficient (Wildman–Crippen LogP) is 19.3. The highest BCUT2D eigenvalue weighted by Crippen LogP contribution is 2.17. The molecule has 0 heterocycles. The first-order valence-corrected chi connectivity index (χ1v) is 26.0. The number of unbranched alkanes of at least 4 members (excludes halogenated alkanes) is 40. The van der Waals surface area contributed by atoms with E-state index in [0.29, 0.717) is 13.0 Å². The van der Waals surface area contributed by atoms with Crippen LogP contribution in [0.3, 0.4) is 0 Å². The van der Waals surface area contributed by atoms with Crippen molar-refractivity contribution >= 4 is 5.97 Å². The molecule has 0 aliphatic rings. The van der Waals surface area contributed by atoms with Crippen LogP contribution in [0.2, 0.25) is 0 Å². The zero-order valence-electron chi connectivity index (χ0n) is 38.6. The third kappa shape index (κ3) is 51.2. The minimum absolute atomic E-state index is 0.0286. The third-order valence-electron chi connectivity index (χ3n) is 12.1. The van der Waals surface area contributed by atoms with Gasteiger partial charge in [0.1, 0.15) is 0 Å². The van der Waals surface area contributed by atoms with Gasteiger partial charge >= 0.3 is 5.97 Å². The molecule has 0 aliphatic carbocycles. The zero-order chi connectivity index (χ0) is 39.8. The molecule has 0 aromatic carbocycles. The lowest BCUT2D eigenvalue weighted by Crippen LogP contribution is -2.05. The first-order chi connectivity index (χ1) is 27.2. The molecule has 55 heavy (non-hydrogen) atoms. The molecular weight excluding hydrogens is 669 g/mol. The largest absolute Gasteiger partial charge is 0.466 e.